The van der Waals surface area contributed by atoms with Crippen LogP contribution in [-0.4, -0.2) is 51.5 Å². The lowest BCUT2D eigenvalue weighted by molar-refractivity contribution is -0.145. The largest absolute Gasteiger partial charge is 0.480 e. The molecule has 0 aliphatic carbocycles. The highest BCUT2D eigenvalue weighted by Gasteiger charge is 2.54. The van der Waals surface area contributed by atoms with Crippen LogP contribution in [0.1, 0.15) is 34.6 Å². The lowest BCUT2D eigenvalue weighted by Crippen LogP contribution is -2.48. The number of aliphatic carboxylic acids is 1. The van der Waals surface area contributed by atoms with Crippen molar-refractivity contribution in [2.75, 3.05) is 6.54 Å². The van der Waals surface area contributed by atoms with E-state index in [-0.39, 0.29) is 6.54 Å². The van der Waals surface area contributed by atoms with Crippen LogP contribution < -0.4 is 0 Å². The fourth-order valence-corrected chi connectivity index (χ4v) is 2.06. The van der Waals surface area contributed by atoms with Gasteiger partial charge in [-0.25, -0.2) is 9.59 Å². The van der Waals surface area contributed by atoms with Gasteiger partial charge < -0.3 is 14.9 Å². The third-order valence-electron chi connectivity index (χ3n) is 3.11. The van der Waals surface area contributed by atoms with Crippen molar-refractivity contribution < 1.29 is 24.5 Å². The summed E-state index contributed by atoms with van der Waals surface area (Å²) in [5.74, 6) is -1.14. The molecule has 0 saturated carbocycles. The van der Waals surface area contributed by atoms with Crippen LogP contribution in [0.2, 0.25) is 0 Å². The summed E-state index contributed by atoms with van der Waals surface area (Å²) in [6, 6.07) is -1.08. The van der Waals surface area contributed by atoms with E-state index < -0.39 is 35.2 Å². The molecular formula is C12H21NO5. The number of carboxylic acids is 1. The Hall–Kier alpha value is -1.30. The van der Waals surface area contributed by atoms with Crippen molar-refractivity contribution in [2.45, 2.75) is 52.4 Å². The number of carboxylic acid groups (broad SMARTS) is 1. The number of carbonyl (C=O) groups is 2. The Bertz CT molecular complexity index is 358. The van der Waals surface area contributed by atoms with Gasteiger partial charge in [0.1, 0.15) is 11.6 Å². The summed E-state index contributed by atoms with van der Waals surface area (Å²) in [6.07, 6.45) is -1.59. The van der Waals surface area contributed by atoms with Crippen molar-refractivity contribution in [3.8, 4) is 0 Å². The monoisotopic (exact) mass is 259 g/mol. The van der Waals surface area contributed by atoms with E-state index in [4.69, 9.17) is 4.74 Å². The predicted octanol–water partition coefficient (Wildman–Crippen LogP) is 1.08. The second kappa shape index (κ2) is 4.42. The third-order valence-corrected chi connectivity index (χ3v) is 3.11. The molecule has 1 aliphatic heterocycles. The molecule has 0 bridgehead atoms. The highest BCUT2D eigenvalue weighted by molar-refractivity contribution is 5.82. The fraction of sp³-hybridized carbons (Fsp3) is 0.833. The first-order valence-corrected chi connectivity index (χ1v) is 5.87. The molecule has 0 aromatic heterocycles. The normalized spacial score (nSPS) is 27.1. The Balaban J connectivity index is 2.96. The quantitative estimate of drug-likeness (QED) is 0.735. The van der Waals surface area contributed by atoms with Gasteiger partial charge in [-0.1, -0.05) is 13.8 Å². The number of aliphatic hydroxyl groups is 1. The zero-order chi connectivity index (χ0) is 14.3. The zero-order valence-corrected chi connectivity index (χ0v) is 11.4. The number of hydrogen-bond donors (Lipinski definition) is 2. The molecule has 2 N–H and O–H groups in total. The minimum absolute atomic E-state index is 0.0289. The molecule has 1 fully saturated rings. The summed E-state index contributed by atoms with van der Waals surface area (Å²) >= 11 is 0. The lowest BCUT2D eigenvalue weighted by Gasteiger charge is -2.31. The van der Waals surface area contributed by atoms with Crippen molar-refractivity contribution in [1.82, 2.24) is 4.90 Å². The Morgan fingerprint density at radius 3 is 2.22 bits per heavy atom. The first-order chi connectivity index (χ1) is 7.97. The molecule has 0 aromatic rings. The van der Waals surface area contributed by atoms with E-state index in [1.165, 1.54) is 0 Å². The highest BCUT2D eigenvalue weighted by atomic mass is 16.6. The average molecular weight is 259 g/mol. The molecule has 2 unspecified atom stereocenters. The molecule has 104 valence electrons. The summed E-state index contributed by atoms with van der Waals surface area (Å²) in [5.41, 5.74) is -1.60. The number of amides is 1. The summed E-state index contributed by atoms with van der Waals surface area (Å²) in [4.78, 5) is 24.3. The predicted molar refractivity (Wildman–Crippen MR) is 64.2 cm³/mol. The van der Waals surface area contributed by atoms with E-state index in [1.54, 1.807) is 34.6 Å². The molecule has 1 aliphatic rings. The Kier molecular flexibility index (Phi) is 3.63. The van der Waals surface area contributed by atoms with Gasteiger partial charge in [0, 0.05) is 5.41 Å². The lowest BCUT2D eigenvalue weighted by atomic mass is 9.82. The van der Waals surface area contributed by atoms with Crippen LogP contribution in [0, 0.1) is 5.41 Å². The van der Waals surface area contributed by atoms with Gasteiger partial charge in [-0.2, -0.15) is 0 Å². The molecule has 6 heteroatoms. The number of rotatable bonds is 1. The average Bonchev–Trinajstić information content (AvgIpc) is 2.35. The van der Waals surface area contributed by atoms with Crippen molar-refractivity contribution in [2.24, 2.45) is 5.41 Å². The second-order valence-corrected chi connectivity index (χ2v) is 6.21. The molecule has 1 saturated heterocycles. The number of hydrogen-bond acceptors (Lipinski definition) is 4. The van der Waals surface area contributed by atoms with Gasteiger partial charge in [0.05, 0.1) is 12.6 Å². The van der Waals surface area contributed by atoms with Crippen LogP contribution in [0.25, 0.3) is 0 Å². The van der Waals surface area contributed by atoms with Gasteiger partial charge in [0.15, 0.2) is 0 Å². The van der Waals surface area contributed by atoms with E-state index in [1.807, 2.05) is 0 Å². The van der Waals surface area contributed by atoms with Crippen molar-refractivity contribution >= 4 is 12.1 Å². The van der Waals surface area contributed by atoms with E-state index in [0.717, 1.165) is 4.90 Å². The van der Waals surface area contributed by atoms with Gasteiger partial charge in [-0.3, -0.25) is 4.90 Å². The summed E-state index contributed by atoms with van der Waals surface area (Å²) in [6.45, 7) is 8.34. The van der Waals surface area contributed by atoms with Gasteiger partial charge in [0.2, 0.25) is 0 Å². The molecular weight excluding hydrogens is 238 g/mol. The van der Waals surface area contributed by atoms with E-state index in [0.29, 0.717) is 0 Å². The van der Waals surface area contributed by atoms with Crippen LogP contribution in [0.3, 0.4) is 0 Å². The van der Waals surface area contributed by atoms with E-state index in [2.05, 4.69) is 0 Å². The number of carbonyl (C=O) groups excluding carboxylic acids is 1. The number of β-amino-alcohol motifs (C(OH)–C–C–N with tert-alkyl or cyclic N) is 1. The van der Waals surface area contributed by atoms with Crippen LogP contribution in [0.4, 0.5) is 4.79 Å². The van der Waals surface area contributed by atoms with Gasteiger partial charge >= 0.3 is 12.1 Å². The van der Waals surface area contributed by atoms with Crippen molar-refractivity contribution in [1.29, 1.82) is 0 Å². The summed E-state index contributed by atoms with van der Waals surface area (Å²) < 4.78 is 5.16. The van der Waals surface area contributed by atoms with Gasteiger partial charge in [0.25, 0.3) is 0 Å². The standard InChI is InChI=1S/C12H21NO5/c1-11(2,3)18-10(17)13-6-7(14)12(4,5)8(13)9(15)16/h7-8,14H,6H2,1-5H3,(H,15,16). The molecule has 2 atom stereocenters. The molecule has 18 heavy (non-hydrogen) atoms. The van der Waals surface area contributed by atoms with Crippen LogP contribution >= 0.6 is 0 Å². The fourth-order valence-electron chi connectivity index (χ4n) is 2.06. The first kappa shape index (κ1) is 14.8. The summed E-state index contributed by atoms with van der Waals surface area (Å²) in [7, 11) is 0. The molecule has 1 amide bonds. The Labute approximate surface area is 107 Å². The smallest absolute Gasteiger partial charge is 0.411 e. The molecule has 0 radical (unpaired) electrons. The van der Waals surface area contributed by atoms with Crippen molar-refractivity contribution in [3.63, 3.8) is 0 Å². The van der Waals surface area contributed by atoms with Crippen LogP contribution in [0.15, 0.2) is 0 Å². The SMILES string of the molecule is CC(C)(C)OC(=O)N1CC(O)C(C)(C)C1C(=O)O. The second-order valence-electron chi connectivity index (χ2n) is 6.21. The molecule has 0 spiro atoms. The molecule has 1 heterocycles. The summed E-state index contributed by atoms with van der Waals surface area (Å²) in [5, 5.41) is 19.1. The van der Waals surface area contributed by atoms with E-state index >= 15 is 0 Å². The van der Waals surface area contributed by atoms with Crippen LogP contribution in [0.5, 0.6) is 0 Å². The van der Waals surface area contributed by atoms with Gasteiger partial charge in [-0.05, 0) is 20.8 Å². The maximum Gasteiger partial charge on any atom is 0.411 e. The zero-order valence-electron chi connectivity index (χ0n) is 11.4. The Morgan fingerprint density at radius 2 is 1.83 bits per heavy atom. The Morgan fingerprint density at radius 1 is 1.33 bits per heavy atom. The molecule has 0 aromatic carbocycles. The van der Waals surface area contributed by atoms with Crippen LogP contribution in [-0.2, 0) is 9.53 Å². The maximum absolute atomic E-state index is 11.9. The third kappa shape index (κ3) is 2.75. The molecule has 1 rings (SSSR count). The first-order valence-electron chi connectivity index (χ1n) is 5.87. The maximum atomic E-state index is 11.9. The van der Waals surface area contributed by atoms with E-state index in [9.17, 15) is 19.8 Å². The minimum atomic E-state index is -1.14. The number of aliphatic hydroxyl groups excluding tert-OH is 1. The van der Waals surface area contributed by atoms with Gasteiger partial charge in [-0.15, -0.1) is 0 Å². The number of likely N-dealkylation sites (tertiary alicyclic amines) is 1. The minimum Gasteiger partial charge on any atom is -0.480 e. The number of nitrogens with zero attached hydrogens (tertiary/aromatic N) is 1. The topological polar surface area (TPSA) is 87.1 Å². The highest BCUT2D eigenvalue weighted by Crippen LogP contribution is 2.37. The molecule has 6 nitrogen and oxygen atoms in total. The van der Waals surface area contributed by atoms with Crippen molar-refractivity contribution in [3.05, 3.63) is 0 Å². The number of ether oxygens (including phenoxy) is 1.